The van der Waals surface area contributed by atoms with Gasteiger partial charge in [-0.25, -0.2) is 9.89 Å². The first-order valence-electron chi connectivity index (χ1n) is 6.19. The lowest BCUT2D eigenvalue weighted by Gasteiger charge is -2.12. The van der Waals surface area contributed by atoms with Gasteiger partial charge in [-0.3, -0.25) is 4.57 Å². The highest BCUT2D eigenvalue weighted by molar-refractivity contribution is 7.99. The lowest BCUT2D eigenvalue weighted by atomic mass is 10.2. The second kappa shape index (κ2) is 6.30. The molecule has 0 radical (unpaired) electrons. The highest BCUT2D eigenvalue weighted by Crippen LogP contribution is 2.36. The Bertz CT molecular complexity index is 608. The van der Waals surface area contributed by atoms with E-state index in [1.807, 2.05) is 31.2 Å². The van der Waals surface area contributed by atoms with Gasteiger partial charge in [-0.15, -0.1) is 5.10 Å². The summed E-state index contributed by atoms with van der Waals surface area (Å²) in [6, 6.07) is 7.74. The minimum absolute atomic E-state index is 0.138. The molecule has 0 saturated heterocycles. The molecule has 0 bridgehead atoms. The van der Waals surface area contributed by atoms with Crippen LogP contribution in [-0.4, -0.2) is 14.8 Å². The minimum atomic E-state index is -0.157. The number of rotatable bonds is 5. The quantitative estimate of drug-likeness (QED) is 0.860. The number of hydrogen-bond donors (Lipinski definition) is 1. The standard InChI is InChI=1S/C13H16ClN3OS/c1-3-8-17-12(18)15-16-13(17)19-9(2)10-6-4-5-7-11(10)14/h4-7,9H,3,8H2,1-2H3,(H,15,18)/t9-/m1/s1. The van der Waals surface area contributed by atoms with Gasteiger partial charge in [-0.1, -0.05) is 48.5 Å². The first-order chi connectivity index (χ1) is 9.13. The molecule has 1 heterocycles. The third-order valence-electron chi connectivity index (χ3n) is 2.80. The fraction of sp³-hybridized carbons (Fsp3) is 0.385. The van der Waals surface area contributed by atoms with Crippen molar-refractivity contribution in [3.05, 3.63) is 45.3 Å². The average molecular weight is 298 g/mol. The summed E-state index contributed by atoms with van der Waals surface area (Å²) >= 11 is 7.72. The van der Waals surface area contributed by atoms with E-state index in [4.69, 9.17) is 11.6 Å². The second-order valence-corrected chi connectivity index (χ2v) is 5.96. The molecule has 6 heteroatoms. The first-order valence-corrected chi connectivity index (χ1v) is 7.45. The number of aromatic amines is 1. The maximum atomic E-state index is 11.6. The second-order valence-electron chi connectivity index (χ2n) is 4.24. The molecular formula is C13H16ClN3OS. The van der Waals surface area contributed by atoms with Gasteiger partial charge in [0.15, 0.2) is 5.16 Å². The summed E-state index contributed by atoms with van der Waals surface area (Å²) in [6.45, 7) is 4.76. The number of nitrogens with one attached hydrogen (secondary N) is 1. The van der Waals surface area contributed by atoms with E-state index < -0.39 is 0 Å². The molecule has 0 aliphatic rings. The maximum Gasteiger partial charge on any atom is 0.343 e. The van der Waals surface area contributed by atoms with Crippen LogP contribution in [-0.2, 0) is 6.54 Å². The van der Waals surface area contributed by atoms with Crippen molar-refractivity contribution in [1.29, 1.82) is 0 Å². The van der Waals surface area contributed by atoms with E-state index in [1.54, 1.807) is 4.57 Å². The SMILES string of the molecule is CCCn1c(S[C@H](C)c2ccccc2Cl)n[nH]c1=O. The molecule has 0 aliphatic carbocycles. The van der Waals surface area contributed by atoms with Crippen molar-refractivity contribution in [2.24, 2.45) is 0 Å². The van der Waals surface area contributed by atoms with Crippen molar-refractivity contribution in [1.82, 2.24) is 14.8 Å². The Morgan fingerprint density at radius 3 is 2.89 bits per heavy atom. The summed E-state index contributed by atoms with van der Waals surface area (Å²) < 4.78 is 1.66. The van der Waals surface area contributed by atoms with E-state index in [0.717, 1.165) is 17.0 Å². The molecule has 4 nitrogen and oxygen atoms in total. The van der Waals surface area contributed by atoms with Crippen LogP contribution in [0, 0.1) is 0 Å². The Balaban J connectivity index is 2.22. The number of hydrogen-bond acceptors (Lipinski definition) is 3. The monoisotopic (exact) mass is 297 g/mol. The van der Waals surface area contributed by atoms with Crippen LogP contribution in [0.2, 0.25) is 5.02 Å². The van der Waals surface area contributed by atoms with Gasteiger partial charge in [-0.2, -0.15) is 0 Å². The maximum absolute atomic E-state index is 11.6. The molecule has 1 N–H and O–H groups in total. The number of benzene rings is 1. The highest BCUT2D eigenvalue weighted by Gasteiger charge is 2.15. The topological polar surface area (TPSA) is 50.7 Å². The zero-order valence-corrected chi connectivity index (χ0v) is 12.5. The molecular weight excluding hydrogens is 282 g/mol. The van der Waals surface area contributed by atoms with Crippen molar-refractivity contribution in [2.45, 2.75) is 37.2 Å². The van der Waals surface area contributed by atoms with E-state index in [0.29, 0.717) is 11.7 Å². The van der Waals surface area contributed by atoms with Gasteiger partial charge in [0.1, 0.15) is 0 Å². The summed E-state index contributed by atoms with van der Waals surface area (Å²) in [5.41, 5.74) is 0.892. The van der Waals surface area contributed by atoms with Crippen LogP contribution >= 0.6 is 23.4 Å². The largest absolute Gasteiger partial charge is 0.343 e. The van der Waals surface area contributed by atoms with Crippen LogP contribution in [0.4, 0.5) is 0 Å². The Morgan fingerprint density at radius 1 is 1.47 bits per heavy atom. The molecule has 102 valence electrons. The lowest BCUT2D eigenvalue weighted by Crippen LogP contribution is -2.17. The molecule has 0 amide bonds. The van der Waals surface area contributed by atoms with Gasteiger partial charge in [0, 0.05) is 16.8 Å². The van der Waals surface area contributed by atoms with Gasteiger partial charge in [0.2, 0.25) is 0 Å². The normalized spacial score (nSPS) is 12.6. The van der Waals surface area contributed by atoms with Crippen molar-refractivity contribution in [2.75, 3.05) is 0 Å². The molecule has 1 aromatic heterocycles. The number of H-pyrrole nitrogens is 1. The molecule has 0 fully saturated rings. The van der Waals surface area contributed by atoms with Crippen LogP contribution in [0.3, 0.4) is 0 Å². The third kappa shape index (κ3) is 3.22. The van der Waals surface area contributed by atoms with E-state index >= 15 is 0 Å². The Morgan fingerprint density at radius 2 is 2.21 bits per heavy atom. The van der Waals surface area contributed by atoms with Gasteiger partial charge >= 0.3 is 5.69 Å². The van der Waals surface area contributed by atoms with Crippen molar-refractivity contribution >= 4 is 23.4 Å². The van der Waals surface area contributed by atoms with Crippen LogP contribution in [0.5, 0.6) is 0 Å². The van der Waals surface area contributed by atoms with Crippen molar-refractivity contribution < 1.29 is 0 Å². The summed E-state index contributed by atoms with van der Waals surface area (Å²) in [4.78, 5) is 11.6. The predicted molar refractivity (Wildman–Crippen MR) is 78.9 cm³/mol. The third-order valence-corrected chi connectivity index (χ3v) is 4.27. The minimum Gasteiger partial charge on any atom is -0.270 e. The van der Waals surface area contributed by atoms with Crippen molar-refractivity contribution in [3.63, 3.8) is 0 Å². The Hall–Kier alpha value is -1.20. The Kier molecular flexibility index (Phi) is 4.71. The number of nitrogens with zero attached hydrogens (tertiary/aromatic N) is 2. The molecule has 0 aliphatic heterocycles. The van der Waals surface area contributed by atoms with E-state index in [-0.39, 0.29) is 10.9 Å². The van der Waals surface area contributed by atoms with E-state index in [9.17, 15) is 4.79 Å². The summed E-state index contributed by atoms with van der Waals surface area (Å²) in [7, 11) is 0. The van der Waals surface area contributed by atoms with Gasteiger partial charge < -0.3 is 0 Å². The van der Waals surface area contributed by atoms with Crippen LogP contribution in [0.15, 0.2) is 34.2 Å². The molecule has 2 rings (SSSR count). The molecule has 0 spiro atoms. The van der Waals surface area contributed by atoms with Crippen LogP contribution in [0.25, 0.3) is 0 Å². The summed E-state index contributed by atoms with van der Waals surface area (Å²) in [5, 5.41) is 8.16. The highest BCUT2D eigenvalue weighted by atomic mass is 35.5. The van der Waals surface area contributed by atoms with E-state index in [1.165, 1.54) is 11.8 Å². The van der Waals surface area contributed by atoms with Crippen LogP contribution < -0.4 is 5.69 Å². The number of thioether (sulfide) groups is 1. The van der Waals surface area contributed by atoms with Gasteiger partial charge in [0.05, 0.1) is 0 Å². The summed E-state index contributed by atoms with van der Waals surface area (Å²) in [6.07, 6.45) is 0.896. The number of halogens is 1. The molecule has 2 aromatic rings. The molecule has 1 atom stereocenters. The number of aromatic nitrogens is 3. The molecule has 19 heavy (non-hydrogen) atoms. The smallest absolute Gasteiger partial charge is 0.270 e. The van der Waals surface area contributed by atoms with E-state index in [2.05, 4.69) is 17.1 Å². The zero-order valence-electron chi connectivity index (χ0n) is 10.9. The van der Waals surface area contributed by atoms with Gasteiger partial charge in [0.25, 0.3) is 0 Å². The first kappa shape index (κ1) is 14.2. The predicted octanol–water partition coefficient (Wildman–Crippen LogP) is 3.49. The van der Waals surface area contributed by atoms with Crippen LogP contribution in [0.1, 0.15) is 31.1 Å². The molecule has 0 saturated carbocycles. The van der Waals surface area contributed by atoms with Gasteiger partial charge in [-0.05, 0) is 25.0 Å². The fourth-order valence-corrected chi connectivity index (χ4v) is 3.25. The van der Waals surface area contributed by atoms with Crippen molar-refractivity contribution in [3.8, 4) is 0 Å². The Labute approximate surface area is 121 Å². The fourth-order valence-electron chi connectivity index (χ4n) is 1.84. The molecule has 1 aromatic carbocycles. The summed E-state index contributed by atoms with van der Waals surface area (Å²) in [5.74, 6) is 0. The average Bonchev–Trinajstić information content (AvgIpc) is 2.72. The zero-order chi connectivity index (χ0) is 13.8. The molecule has 0 unspecified atom stereocenters. The lowest BCUT2D eigenvalue weighted by molar-refractivity contribution is 0.603.